The summed E-state index contributed by atoms with van der Waals surface area (Å²) in [6.07, 6.45) is 6.73. The van der Waals surface area contributed by atoms with Crippen molar-refractivity contribution in [1.29, 1.82) is 0 Å². The number of nitrogens with one attached hydrogen (secondary N) is 3. The van der Waals surface area contributed by atoms with E-state index < -0.39 is 0 Å². The molecule has 1 atom stereocenters. The molecule has 9 N–H and O–H groups in total. The Balaban J connectivity index is 0. The third-order valence-electron chi connectivity index (χ3n) is 3.67. The summed E-state index contributed by atoms with van der Waals surface area (Å²) in [5.74, 6) is 0.0942. The SMILES string of the molecule is CC.NCCCCCNC(=O)C(CCCNCCCN)NCCCN. The predicted molar refractivity (Wildman–Crippen MR) is 109 cm³/mol. The Hall–Kier alpha value is -0.730. The summed E-state index contributed by atoms with van der Waals surface area (Å²) in [7, 11) is 0. The van der Waals surface area contributed by atoms with Crippen molar-refractivity contribution in [3.05, 3.63) is 0 Å². The van der Waals surface area contributed by atoms with Gasteiger partial charge < -0.3 is 33.2 Å². The number of carbonyl (C=O) groups is 1. The molecule has 1 amide bonds. The average molecular weight is 361 g/mol. The van der Waals surface area contributed by atoms with Crippen molar-refractivity contribution in [2.75, 3.05) is 45.8 Å². The van der Waals surface area contributed by atoms with Gasteiger partial charge in [-0.3, -0.25) is 4.79 Å². The molecule has 0 spiro atoms. The zero-order valence-corrected chi connectivity index (χ0v) is 16.6. The lowest BCUT2D eigenvalue weighted by atomic mass is 10.1. The van der Waals surface area contributed by atoms with Gasteiger partial charge in [0.05, 0.1) is 6.04 Å². The molecule has 0 aromatic carbocycles. The molecule has 0 saturated heterocycles. The Labute approximate surface area is 155 Å². The van der Waals surface area contributed by atoms with Gasteiger partial charge in [-0.2, -0.15) is 0 Å². The Kier molecular flexibility index (Phi) is 24.7. The topological polar surface area (TPSA) is 131 Å². The summed E-state index contributed by atoms with van der Waals surface area (Å²) in [6, 6.07) is -0.132. The molecule has 152 valence electrons. The van der Waals surface area contributed by atoms with Crippen molar-refractivity contribution in [3.63, 3.8) is 0 Å². The van der Waals surface area contributed by atoms with Crippen LogP contribution in [0.3, 0.4) is 0 Å². The van der Waals surface area contributed by atoms with Crippen LogP contribution in [0.25, 0.3) is 0 Å². The fourth-order valence-corrected chi connectivity index (χ4v) is 2.27. The van der Waals surface area contributed by atoms with E-state index in [0.717, 1.165) is 71.1 Å². The first kappa shape index (κ1) is 26.5. The molecular formula is C18H44N6O. The molecule has 0 saturated carbocycles. The van der Waals surface area contributed by atoms with E-state index in [0.29, 0.717) is 19.6 Å². The second-order valence-electron chi connectivity index (χ2n) is 5.82. The monoisotopic (exact) mass is 360 g/mol. The maximum Gasteiger partial charge on any atom is 0.237 e. The van der Waals surface area contributed by atoms with Gasteiger partial charge in [0.2, 0.25) is 5.91 Å². The number of unbranched alkanes of at least 4 members (excludes halogenated alkanes) is 2. The van der Waals surface area contributed by atoms with Crippen LogP contribution >= 0.6 is 0 Å². The van der Waals surface area contributed by atoms with E-state index in [1.807, 2.05) is 13.8 Å². The number of rotatable bonds is 17. The molecule has 0 rings (SSSR count). The molecule has 0 aromatic rings. The third kappa shape index (κ3) is 19.4. The van der Waals surface area contributed by atoms with Gasteiger partial charge >= 0.3 is 0 Å². The highest BCUT2D eigenvalue weighted by molar-refractivity contribution is 5.81. The van der Waals surface area contributed by atoms with Crippen molar-refractivity contribution in [2.24, 2.45) is 17.2 Å². The molecule has 0 aliphatic carbocycles. The minimum atomic E-state index is -0.132. The summed E-state index contributed by atoms with van der Waals surface area (Å²) in [4.78, 5) is 12.3. The van der Waals surface area contributed by atoms with E-state index in [1.54, 1.807) is 0 Å². The van der Waals surface area contributed by atoms with Crippen LogP contribution in [0.15, 0.2) is 0 Å². The fraction of sp³-hybridized carbons (Fsp3) is 0.944. The largest absolute Gasteiger partial charge is 0.355 e. The highest BCUT2D eigenvalue weighted by atomic mass is 16.2. The van der Waals surface area contributed by atoms with Crippen LogP contribution in [0, 0.1) is 0 Å². The zero-order valence-electron chi connectivity index (χ0n) is 16.6. The third-order valence-corrected chi connectivity index (χ3v) is 3.67. The molecule has 0 bridgehead atoms. The molecule has 0 radical (unpaired) electrons. The Morgan fingerprint density at radius 1 is 0.760 bits per heavy atom. The average Bonchev–Trinajstić information content (AvgIpc) is 2.64. The second-order valence-corrected chi connectivity index (χ2v) is 5.82. The van der Waals surface area contributed by atoms with Gasteiger partial charge in [0, 0.05) is 6.54 Å². The number of carbonyl (C=O) groups excluding carboxylic acids is 1. The quantitative estimate of drug-likeness (QED) is 0.207. The van der Waals surface area contributed by atoms with Crippen molar-refractivity contribution in [1.82, 2.24) is 16.0 Å². The minimum absolute atomic E-state index is 0.0942. The molecule has 0 aliphatic heterocycles. The maximum atomic E-state index is 12.3. The molecule has 0 fully saturated rings. The zero-order chi connectivity index (χ0) is 19.2. The van der Waals surface area contributed by atoms with Gasteiger partial charge in [-0.1, -0.05) is 20.3 Å². The van der Waals surface area contributed by atoms with E-state index >= 15 is 0 Å². The van der Waals surface area contributed by atoms with Crippen LogP contribution in [-0.4, -0.2) is 57.8 Å². The minimum Gasteiger partial charge on any atom is -0.355 e. The summed E-state index contributed by atoms with van der Waals surface area (Å²) >= 11 is 0. The molecule has 1 unspecified atom stereocenters. The molecule has 7 heteroatoms. The molecule has 7 nitrogen and oxygen atoms in total. The lowest BCUT2D eigenvalue weighted by Gasteiger charge is -2.18. The van der Waals surface area contributed by atoms with Crippen molar-refractivity contribution >= 4 is 5.91 Å². The van der Waals surface area contributed by atoms with Gasteiger partial charge in [0.1, 0.15) is 0 Å². The Morgan fingerprint density at radius 2 is 1.36 bits per heavy atom. The maximum absolute atomic E-state index is 12.3. The van der Waals surface area contributed by atoms with Crippen molar-refractivity contribution in [2.45, 2.75) is 64.8 Å². The van der Waals surface area contributed by atoms with Crippen LogP contribution in [0.1, 0.15) is 58.8 Å². The van der Waals surface area contributed by atoms with Crippen LogP contribution < -0.4 is 33.2 Å². The van der Waals surface area contributed by atoms with E-state index in [4.69, 9.17) is 17.2 Å². The first-order valence-corrected chi connectivity index (χ1v) is 10.1. The first-order valence-electron chi connectivity index (χ1n) is 10.1. The van der Waals surface area contributed by atoms with Gasteiger partial charge in [-0.15, -0.1) is 0 Å². The summed E-state index contributed by atoms with van der Waals surface area (Å²) in [5.41, 5.74) is 16.4. The number of hydrogen-bond donors (Lipinski definition) is 6. The number of hydrogen-bond acceptors (Lipinski definition) is 6. The van der Waals surface area contributed by atoms with Gasteiger partial charge in [-0.25, -0.2) is 0 Å². The first-order chi connectivity index (χ1) is 12.3. The van der Waals surface area contributed by atoms with Crippen molar-refractivity contribution < 1.29 is 4.79 Å². The normalized spacial score (nSPS) is 11.6. The summed E-state index contributed by atoms with van der Waals surface area (Å²) < 4.78 is 0. The molecule has 0 heterocycles. The van der Waals surface area contributed by atoms with E-state index in [1.165, 1.54) is 0 Å². The summed E-state index contributed by atoms with van der Waals surface area (Å²) in [6.45, 7) is 9.43. The van der Waals surface area contributed by atoms with Crippen molar-refractivity contribution in [3.8, 4) is 0 Å². The predicted octanol–water partition coefficient (Wildman–Crippen LogP) is 0.283. The van der Waals surface area contributed by atoms with Crippen LogP contribution in [0.4, 0.5) is 0 Å². The van der Waals surface area contributed by atoms with Gasteiger partial charge in [0.25, 0.3) is 0 Å². The van der Waals surface area contributed by atoms with Gasteiger partial charge in [0.15, 0.2) is 0 Å². The number of nitrogens with two attached hydrogens (primary N) is 3. The lowest BCUT2D eigenvalue weighted by Crippen LogP contribution is -2.45. The second kappa shape index (κ2) is 23.3. The van der Waals surface area contributed by atoms with Crippen LogP contribution in [0.2, 0.25) is 0 Å². The summed E-state index contributed by atoms with van der Waals surface area (Å²) in [5, 5.41) is 9.68. The molecule has 25 heavy (non-hydrogen) atoms. The molecule has 0 aromatic heterocycles. The van der Waals surface area contributed by atoms with Gasteiger partial charge in [-0.05, 0) is 77.8 Å². The number of amides is 1. The van der Waals surface area contributed by atoms with E-state index in [2.05, 4.69) is 16.0 Å². The highest BCUT2D eigenvalue weighted by Gasteiger charge is 2.16. The smallest absolute Gasteiger partial charge is 0.237 e. The fourth-order valence-electron chi connectivity index (χ4n) is 2.27. The lowest BCUT2D eigenvalue weighted by molar-refractivity contribution is -0.123. The van der Waals surface area contributed by atoms with Crippen LogP contribution in [0.5, 0.6) is 0 Å². The van der Waals surface area contributed by atoms with E-state index in [-0.39, 0.29) is 11.9 Å². The Morgan fingerprint density at radius 3 is 2.00 bits per heavy atom. The Bertz CT molecular complexity index is 266. The van der Waals surface area contributed by atoms with E-state index in [9.17, 15) is 4.79 Å². The van der Waals surface area contributed by atoms with Crippen LogP contribution in [-0.2, 0) is 4.79 Å². The molecule has 0 aliphatic rings. The molecular weight excluding hydrogens is 316 g/mol. The highest BCUT2D eigenvalue weighted by Crippen LogP contribution is 1.99. The standard InChI is InChI=1S/C16H38N6O.C2H6/c17-8-2-1-3-13-22-16(23)15(21-14-6-10-19)7-4-11-20-12-5-9-18;1-2/h15,20-21H,1-14,17-19H2,(H,22,23);1-2H3.